The van der Waals surface area contributed by atoms with Crippen molar-refractivity contribution in [3.63, 3.8) is 0 Å². The Morgan fingerprint density at radius 2 is 1.82 bits per heavy atom. The van der Waals surface area contributed by atoms with E-state index in [1.807, 2.05) is 45.0 Å². The van der Waals surface area contributed by atoms with Gasteiger partial charge in [0.2, 0.25) is 12.7 Å². The number of carbonyl (C=O) groups is 2. The minimum Gasteiger partial charge on any atom is -0.454 e. The molecule has 0 radical (unpaired) electrons. The van der Waals surface area contributed by atoms with Crippen molar-refractivity contribution in [3.8, 4) is 11.5 Å². The molecule has 0 aliphatic carbocycles. The van der Waals surface area contributed by atoms with E-state index in [1.54, 1.807) is 17.2 Å². The van der Waals surface area contributed by atoms with E-state index in [1.165, 1.54) is 0 Å². The largest absolute Gasteiger partial charge is 0.454 e. The molecule has 2 amide bonds. The summed E-state index contributed by atoms with van der Waals surface area (Å²) in [4.78, 5) is 32.8. The quantitative estimate of drug-likeness (QED) is 0.740. The Morgan fingerprint density at radius 3 is 2.52 bits per heavy atom. The summed E-state index contributed by atoms with van der Waals surface area (Å²) in [5.74, 6) is 1.87. The molecule has 176 valence electrons. The highest BCUT2D eigenvalue weighted by Crippen LogP contribution is 2.32. The van der Waals surface area contributed by atoms with Crippen LogP contribution in [0.4, 0.5) is 16.3 Å². The maximum absolute atomic E-state index is 12.3. The van der Waals surface area contributed by atoms with Gasteiger partial charge in [-0.2, -0.15) is 0 Å². The second-order valence-electron chi connectivity index (χ2n) is 9.09. The van der Waals surface area contributed by atoms with Gasteiger partial charge in [-0.15, -0.1) is 0 Å². The lowest BCUT2D eigenvalue weighted by atomic mass is 10.1. The fourth-order valence-corrected chi connectivity index (χ4v) is 3.68. The number of rotatable bonds is 5. The van der Waals surface area contributed by atoms with E-state index in [2.05, 4.69) is 15.2 Å². The Balaban J connectivity index is 1.23. The van der Waals surface area contributed by atoms with Crippen LogP contribution < -0.4 is 19.7 Å². The summed E-state index contributed by atoms with van der Waals surface area (Å²) in [6.45, 7) is 8.41. The Kier molecular flexibility index (Phi) is 6.57. The number of carbonyl (C=O) groups excluding carboxylic acids is 2. The smallest absolute Gasteiger partial charge is 0.410 e. The van der Waals surface area contributed by atoms with Crippen LogP contribution in [0.15, 0.2) is 36.5 Å². The number of nitrogens with one attached hydrogen (secondary N) is 1. The second kappa shape index (κ2) is 9.56. The molecule has 0 spiro atoms. The average Bonchev–Trinajstić information content (AvgIpc) is 3.25. The Morgan fingerprint density at radius 1 is 1.06 bits per heavy atom. The van der Waals surface area contributed by atoms with Crippen molar-refractivity contribution < 1.29 is 23.8 Å². The van der Waals surface area contributed by atoms with Crippen LogP contribution >= 0.6 is 0 Å². The molecular formula is C24H30N4O5. The predicted octanol–water partition coefficient (Wildman–Crippen LogP) is 3.44. The van der Waals surface area contributed by atoms with Crippen molar-refractivity contribution in [2.24, 2.45) is 0 Å². The van der Waals surface area contributed by atoms with Crippen LogP contribution in [0.5, 0.6) is 11.5 Å². The molecule has 2 aliphatic rings. The van der Waals surface area contributed by atoms with Crippen LogP contribution in [0, 0.1) is 0 Å². The monoisotopic (exact) mass is 454 g/mol. The van der Waals surface area contributed by atoms with Gasteiger partial charge in [0, 0.05) is 32.6 Å². The van der Waals surface area contributed by atoms with Crippen molar-refractivity contribution in [2.75, 3.05) is 43.2 Å². The van der Waals surface area contributed by atoms with Gasteiger partial charge in [-0.1, -0.05) is 6.07 Å². The number of fused-ring (bicyclic) bond motifs is 1. The molecule has 1 fully saturated rings. The van der Waals surface area contributed by atoms with E-state index in [0.29, 0.717) is 44.8 Å². The third-order valence-electron chi connectivity index (χ3n) is 5.39. The first kappa shape index (κ1) is 22.7. The third kappa shape index (κ3) is 6.06. The number of piperazine rings is 1. The maximum atomic E-state index is 12.3. The van der Waals surface area contributed by atoms with Gasteiger partial charge in [-0.3, -0.25) is 4.79 Å². The van der Waals surface area contributed by atoms with Gasteiger partial charge in [0.05, 0.1) is 11.9 Å². The summed E-state index contributed by atoms with van der Waals surface area (Å²) in [5, 5.41) is 2.84. The topological polar surface area (TPSA) is 93.2 Å². The molecule has 0 atom stereocenters. The molecular weight excluding hydrogens is 424 g/mol. The lowest BCUT2D eigenvalue weighted by molar-refractivity contribution is -0.116. The standard InChI is InChI=1S/C24H30N4O5/c1-24(2,3)33-23(30)28-12-10-27(11-13-28)18-6-8-21(25-15-18)26-22(29)9-5-17-4-7-19-20(14-17)32-16-31-19/h4,6-8,14-15H,5,9-13,16H2,1-3H3,(H,25,26,29). The first-order valence-corrected chi connectivity index (χ1v) is 11.1. The molecule has 0 saturated carbocycles. The Hall–Kier alpha value is -3.49. The molecule has 9 heteroatoms. The SMILES string of the molecule is CC(C)(C)OC(=O)N1CCN(c2ccc(NC(=O)CCc3ccc4c(c3)OCO4)nc2)CC1. The number of hydrogen-bond donors (Lipinski definition) is 1. The zero-order valence-electron chi connectivity index (χ0n) is 19.3. The molecule has 0 bridgehead atoms. The number of hydrogen-bond acceptors (Lipinski definition) is 7. The van der Waals surface area contributed by atoms with Gasteiger partial charge in [-0.05, 0) is 57.0 Å². The van der Waals surface area contributed by atoms with Crippen molar-refractivity contribution in [1.82, 2.24) is 9.88 Å². The summed E-state index contributed by atoms with van der Waals surface area (Å²) in [6.07, 6.45) is 2.41. The van der Waals surface area contributed by atoms with Gasteiger partial charge in [0.15, 0.2) is 11.5 Å². The van der Waals surface area contributed by atoms with E-state index < -0.39 is 5.60 Å². The zero-order valence-corrected chi connectivity index (χ0v) is 19.3. The highest BCUT2D eigenvalue weighted by Gasteiger charge is 2.26. The minimum absolute atomic E-state index is 0.0982. The van der Waals surface area contributed by atoms with Crippen molar-refractivity contribution in [3.05, 3.63) is 42.1 Å². The lowest BCUT2D eigenvalue weighted by Gasteiger charge is -2.36. The van der Waals surface area contributed by atoms with Gasteiger partial charge < -0.3 is 29.3 Å². The van der Waals surface area contributed by atoms with Crippen LogP contribution in [0.1, 0.15) is 32.8 Å². The second-order valence-corrected chi connectivity index (χ2v) is 9.09. The zero-order chi connectivity index (χ0) is 23.4. The molecule has 1 aromatic heterocycles. The molecule has 1 saturated heterocycles. The number of ether oxygens (including phenoxy) is 3. The molecule has 1 N–H and O–H groups in total. The predicted molar refractivity (Wildman–Crippen MR) is 124 cm³/mol. The van der Waals surface area contributed by atoms with Crippen LogP contribution in [0.3, 0.4) is 0 Å². The van der Waals surface area contributed by atoms with E-state index in [0.717, 1.165) is 22.7 Å². The van der Waals surface area contributed by atoms with Crippen LogP contribution in [-0.2, 0) is 16.0 Å². The highest BCUT2D eigenvalue weighted by atomic mass is 16.7. The number of amides is 2. The summed E-state index contributed by atoms with van der Waals surface area (Å²) >= 11 is 0. The third-order valence-corrected chi connectivity index (χ3v) is 5.39. The van der Waals surface area contributed by atoms with Crippen molar-refractivity contribution in [1.29, 1.82) is 0 Å². The molecule has 33 heavy (non-hydrogen) atoms. The van der Waals surface area contributed by atoms with Gasteiger partial charge in [0.25, 0.3) is 0 Å². The molecule has 4 rings (SSSR count). The van der Waals surface area contributed by atoms with Gasteiger partial charge in [-0.25, -0.2) is 9.78 Å². The van der Waals surface area contributed by atoms with Crippen LogP contribution in [0.25, 0.3) is 0 Å². The first-order valence-electron chi connectivity index (χ1n) is 11.1. The lowest BCUT2D eigenvalue weighted by Crippen LogP contribution is -2.50. The molecule has 1 aromatic carbocycles. The number of benzene rings is 1. The van der Waals surface area contributed by atoms with Gasteiger partial charge >= 0.3 is 6.09 Å². The number of pyridine rings is 1. The number of aryl methyl sites for hydroxylation is 1. The van der Waals surface area contributed by atoms with E-state index in [4.69, 9.17) is 14.2 Å². The molecule has 3 heterocycles. The van der Waals surface area contributed by atoms with E-state index in [-0.39, 0.29) is 18.8 Å². The number of anilines is 2. The molecule has 0 unspecified atom stereocenters. The molecule has 9 nitrogen and oxygen atoms in total. The fourth-order valence-electron chi connectivity index (χ4n) is 3.68. The Labute approximate surface area is 193 Å². The van der Waals surface area contributed by atoms with Gasteiger partial charge in [0.1, 0.15) is 11.4 Å². The maximum Gasteiger partial charge on any atom is 0.410 e. The van der Waals surface area contributed by atoms with Crippen LogP contribution in [0.2, 0.25) is 0 Å². The summed E-state index contributed by atoms with van der Waals surface area (Å²) in [5.41, 5.74) is 1.48. The normalized spacial score (nSPS) is 15.4. The molecule has 2 aliphatic heterocycles. The van der Waals surface area contributed by atoms with Crippen molar-refractivity contribution >= 4 is 23.5 Å². The summed E-state index contributed by atoms with van der Waals surface area (Å²) < 4.78 is 16.1. The highest BCUT2D eigenvalue weighted by molar-refractivity contribution is 5.90. The first-order chi connectivity index (χ1) is 15.8. The van der Waals surface area contributed by atoms with E-state index >= 15 is 0 Å². The number of nitrogens with zero attached hydrogens (tertiary/aromatic N) is 3. The average molecular weight is 455 g/mol. The summed E-state index contributed by atoms with van der Waals surface area (Å²) in [7, 11) is 0. The van der Waals surface area contributed by atoms with E-state index in [9.17, 15) is 9.59 Å². The minimum atomic E-state index is -0.497. The fraction of sp³-hybridized carbons (Fsp3) is 0.458. The summed E-state index contributed by atoms with van der Waals surface area (Å²) in [6, 6.07) is 9.45. The number of aromatic nitrogens is 1. The Bertz CT molecular complexity index is 995. The molecule has 2 aromatic rings. The van der Waals surface area contributed by atoms with Crippen molar-refractivity contribution in [2.45, 2.75) is 39.2 Å². The van der Waals surface area contributed by atoms with Crippen LogP contribution in [-0.4, -0.2) is 60.5 Å².